The van der Waals surface area contributed by atoms with Crippen LogP contribution >= 0.6 is 0 Å². The van der Waals surface area contributed by atoms with Crippen molar-refractivity contribution in [3.8, 4) is 11.3 Å². The van der Waals surface area contributed by atoms with Crippen LogP contribution in [0.5, 0.6) is 0 Å². The monoisotopic (exact) mass is 469 g/mol. The minimum atomic E-state index is -4.43. The maximum Gasteiger partial charge on any atom is 0.417 e. The summed E-state index contributed by atoms with van der Waals surface area (Å²) in [7, 11) is 0. The largest absolute Gasteiger partial charge is 0.417 e. The molecule has 0 aliphatic carbocycles. The molecule has 3 heterocycles. The number of piperidine rings is 1. The van der Waals surface area contributed by atoms with Gasteiger partial charge in [0.15, 0.2) is 0 Å². The van der Waals surface area contributed by atoms with E-state index in [1.165, 1.54) is 6.07 Å². The molecule has 0 spiro atoms. The van der Waals surface area contributed by atoms with Gasteiger partial charge in [-0.3, -0.25) is 4.79 Å². The molecule has 34 heavy (non-hydrogen) atoms. The molecule has 1 N–H and O–H groups in total. The van der Waals surface area contributed by atoms with E-state index in [0.29, 0.717) is 30.2 Å². The predicted molar refractivity (Wildman–Crippen MR) is 123 cm³/mol. The lowest BCUT2D eigenvalue weighted by Crippen LogP contribution is -2.51. The molecule has 1 fully saturated rings. The van der Waals surface area contributed by atoms with Gasteiger partial charge in [0.05, 0.1) is 17.3 Å². The van der Waals surface area contributed by atoms with Gasteiger partial charge in [0.25, 0.3) is 5.91 Å². The highest BCUT2D eigenvalue weighted by molar-refractivity contribution is 6.01. The molecule has 4 rings (SSSR count). The molecular formula is C25H26F3N5O. The van der Waals surface area contributed by atoms with Gasteiger partial charge in [-0.25, -0.2) is 4.98 Å². The summed E-state index contributed by atoms with van der Waals surface area (Å²) in [4.78, 5) is 19.5. The molecule has 9 heteroatoms. The zero-order valence-corrected chi connectivity index (χ0v) is 19.0. The van der Waals surface area contributed by atoms with Gasteiger partial charge >= 0.3 is 6.18 Å². The lowest BCUT2D eigenvalue weighted by molar-refractivity contribution is -0.137. The number of alkyl halides is 3. The molecule has 0 saturated carbocycles. The number of hydrogen-bond acceptors (Lipinski definition) is 5. The normalized spacial score (nSPS) is 18.6. The Morgan fingerprint density at radius 3 is 2.71 bits per heavy atom. The smallest absolute Gasteiger partial charge is 0.368 e. The maximum atomic E-state index is 13.8. The van der Waals surface area contributed by atoms with Crippen LogP contribution in [0.2, 0.25) is 0 Å². The third kappa shape index (κ3) is 5.18. The van der Waals surface area contributed by atoms with E-state index in [1.54, 1.807) is 12.3 Å². The number of hydrogen-bond donors (Lipinski definition) is 1. The van der Waals surface area contributed by atoms with Crippen LogP contribution in [-0.2, 0) is 6.18 Å². The van der Waals surface area contributed by atoms with Crippen molar-refractivity contribution in [1.29, 1.82) is 0 Å². The summed E-state index contributed by atoms with van der Waals surface area (Å²) in [6, 6.07) is 11.5. The van der Waals surface area contributed by atoms with Gasteiger partial charge in [0.1, 0.15) is 5.82 Å². The van der Waals surface area contributed by atoms with Crippen LogP contribution in [0.25, 0.3) is 11.3 Å². The van der Waals surface area contributed by atoms with Gasteiger partial charge in [-0.05, 0) is 56.0 Å². The molecule has 0 unspecified atom stereocenters. The number of nitrogens with zero attached hydrogens (tertiary/aromatic N) is 4. The maximum absolute atomic E-state index is 13.8. The first-order valence-corrected chi connectivity index (χ1v) is 11.2. The second kappa shape index (κ2) is 9.79. The molecule has 2 aromatic heterocycles. The molecule has 0 bridgehead atoms. The first kappa shape index (κ1) is 23.7. The van der Waals surface area contributed by atoms with Gasteiger partial charge in [-0.2, -0.15) is 23.4 Å². The van der Waals surface area contributed by atoms with Crippen molar-refractivity contribution in [2.24, 2.45) is 5.92 Å². The highest BCUT2D eigenvalue weighted by atomic mass is 19.4. The quantitative estimate of drug-likeness (QED) is 0.555. The van der Waals surface area contributed by atoms with Crippen LogP contribution in [0.3, 0.4) is 0 Å². The van der Waals surface area contributed by atoms with Gasteiger partial charge in [0, 0.05) is 36.6 Å². The summed E-state index contributed by atoms with van der Waals surface area (Å²) < 4.78 is 38.5. The van der Waals surface area contributed by atoms with Crippen LogP contribution in [0.15, 0.2) is 54.9 Å². The number of amides is 1. The van der Waals surface area contributed by atoms with E-state index in [-0.39, 0.29) is 17.9 Å². The fraction of sp³-hybridized carbons (Fsp3) is 0.360. The van der Waals surface area contributed by atoms with E-state index >= 15 is 0 Å². The SMILES string of the molecule is Cc1ccc(-c2cccnn2)c(C(=O)N2CCC[C@@H](C)[C@H]2CNc2ccc(C(F)(F)F)cn2)c1. The van der Waals surface area contributed by atoms with Crippen molar-refractivity contribution in [2.45, 2.75) is 38.9 Å². The fourth-order valence-electron chi connectivity index (χ4n) is 4.35. The number of carbonyl (C=O) groups is 1. The first-order chi connectivity index (χ1) is 16.2. The molecule has 1 aromatic carbocycles. The Kier molecular flexibility index (Phi) is 6.81. The summed E-state index contributed by atoms with van der Waals surface area (Å²) in [5.41, 5.74) is 2.08. The van der Waals surface area contributed by atoms with Gasteiger partial charge in [-0.15, -0.1) is 0 Å². The third-order valence-electron chi connectivity index (χ3n) is 6.21. The van der Waals surface area contributed by atoms with Crippen LogP contribution < -0.4 is 5.32 Å². The Morgan fingerprint density at radius 1 is 1.21 bits per heavy atom. The lowest BCUT2D eigenvalue weighted by atomic mass is 9.89. The van der Waals surface area contributed by atoms with E-state index in [1.807, 2.05) is 36.1 Å². The van der Waals surface area contributed by atoms with Gasteiger partial charge < -0.3 is 10.2 Å². The summed E-state index contributed by atoms with van der Waals surface area (Å²) in [6.07, 6.45) is -0.186. The topological polar surface area (TPSA) is 71.0 Å². The number of rotatable bonds is 5. The highest BCUT2D eigenvalue weighted by Crippen LogP contribution is 2.31. The Hall–Kier alpha value is -3.49. The lowest BCUT2D eigenvalue weighted by Gasteiger charge is -2.40. The van der Waals surface area contributed by atoms with Crippen molar-refractivity contribution in [3.05, 3.63) is 71.5 Å². The predicted octanol–water partition coefficient (Wildman–Crippen LogP) is 5.22. The average molecular weight is 470 g/mol. The van der Waals surface area contributed by atoms with E-state index in [9.17, 15) is 18.0 Å². The van der Waals surface area contributed by atoms with Gasteiger partial charge in [-0.1, -0.05) is 24.6 Å². The molecule has 178 valence electrons. The minimum absolute atomic E-state index is 0.0944. The number of likely N-dealkylation sites (tertiary alicyclic amines) is 1. The number of nitrogens with one attached hydrogen (secondary N) is 1. The molecule has 1 saturated heterocycles. The molecule has 3 aromatic rings. The second-order valence-electron chi connectivity index (χ2n) is 8.65. The Bertz CT molecular complexity index is 1140. The Labute approximate surface area is 196 Å². The number of halogens is 3. The highest BCUT2D eigenvalue weighted by Gasteiger charge is 2.34. The number of aromatic nitrogens is 3. The standard InChI is InChI=1S/C25H26F3N5O/c1-16-7-9-19(21-6-3-11-31-32-21)20(13-16)24(34)33-12-4-5-17(2)22(33)15-30-23-10-8-18(14-29-23)25(26,27)28/h3,6-11,13-14,17,22H,4-5,12,15H2,1-2H3,(H,29,30)/t17-,22-/m1/s1. The van der Waals surface area contributed by atoms with Crippen molar-refractivity contribution < 1.29 is 18.0 Å². The Balaban J connectivity index is 1.57. The van der Waals surface area contributed by atoms with Crippen molar-refractivity contribution >= 4 is 11.7 Å². The van der Waals surface area contributed by atoms with Crippen molar-refractivity contribution in [3.63, 3.8) is 0 Å². The van der Waals surface area contributed by atoms with Crippen LogP contribution in [0, 0.1) is 12.8 Å². The molecular weight excluding hydrogens is 443 g/mol. The van der Waals surface area contributed by atoms with Crippen LogP contribution in [-0.4, -0.2) is 45.1 Å². The number of aryl methyl sites for hydroxylation is 1. The summed E-state index contributed by atoms with van der Waals surface area (Å²) in [5.74, 6) is 0.460. The zero-order valence-electron chi connectivity index (χ0n) is 19.0. The van der Waals surface area contributed by atoms with Crippen LogP contribution in [0.4, 0.5) is 19.0 Å². The van der Waals surface area contributed by atoms with E-state index in [2.05, 4.69) is 27.4 Å². The molecule has 0 radical (unpaired) electrons. The molecule has 1 aliphatic rings. The van der Waals surface area contributed by atoms with Crippen molar-refractivity contribution in [2.75, 3.05) is 18.4 Å². The van der Waals surface area contributed by atoms with E-state index in [0.717, 1.165) is 36.2 Å². The molecule has 2 atom stereocenters. The summed E-state index contributed by atoms with van der Waals surface area (Å²) in [5, 5.41) is 11.2. The van der Waals surface area contributed by atoms with Crippen LogP contribution in [0.1, 0.15) is 41.3 Å². The van der Waals surface area contributed by atoms with Crippen molar-refractivity contribution in [1.82, 2.24) is 20.1 Å². The van der Waals surface area contributed by atoms with E-state index in [4.69, 9.17) is 0 Å². The zero-order chi connectivity index (χ0) is 24.3. The second-order valence-corrected chi connectivity index (χ2v) is 8.65. The minimum Gasteiger partial charge on any atom is -0.368 e. The van der Waals surface area contributed by atoms with E-state index < -0.39 is 11.7 Å². The van der Waals surface area contributed by atoms with Gasteiger partial charge in [0.2, 0.25) is 0 Å². The summed E-state index contributed by atoms with van der Waals surface area (Å²) >= 11 is 0. The third-order valence-corrected chi connectivity index (χ3v) is 6.21. The number of anilines is 1. The number of pyridine rings is 1. The first-order valence-electron chi connectivity index (χ1n) is 11.2. The fourth-order valence-corrected chi connectivity index (χ4v) is 4.35. The molecule has 1 aliphatic heterocycles. The number of carbonyl (C=O) groups excluding carboxylic acids is 1. The average Bonchev–Trinajstić information content (AvgIpc) is 2.83. The molecule has 1 amide bonds. The number of benzene rings is 1. The molecule has 6 nitrogen and oxygen atoms in total. The Morgan fingerprint density at radius 2 is 2.03 bits per heavy atom. The summed E-state index contributed by atoms with van der Waals surface area (Å²) in [6.45, 7) is 5.01.